The molecule has 0 unspecified atom stereocenters. The second kappa shape index (κ2) is 11.5. The molecular weight excluding hydrogens is 444 g/mol. The van der Waals surface area contributed by atoms with Crippen LogP contribution < -0.4 is 5.32 Å². The summed E-state index contributed by atoms with van der Waals surface area (Å²) in [5.74, 6) is -0.0893. The number of nitrogens with zero attached hydrogens (tertiary/aromatic N) is 1. The molecule has 3 aromatic carbocycles. The molecule has 0 saturated heterocycles. The number of hydrogen-bond donors (Lipinski definition) is 1. The van der Waals surface area contributed by atoms with Gasteiger partial charge in [0.2, 0.25) is 11.8 Å². The summed E-state index contributed by atoms with van der Waals surface area (Å²) in [4.78, 5) is 28.3. The topological polar surface area (TPSA) is 49.4 Å². The molecular formula is C29H33ClN2O2. The normalized spacial score (nSPS) is 15.1. The monoisotopic (exact) mass is 476 g/mol. The van der Waals surface area contributed by atoms with E-state index in [-0.39, 0.29) is 17.9 Å². The highest BCUT2D eigenvalue weighted by Crippen LogP contribution is 2.22. The molecule has 0 spiro atoms. The Labute approximate surface area is 207 Å². The summed E-state index contributed by atoms with van der Waals surface area (Å²) >= 11 is 6.05. The van der Waals surface area contributed by atoms with Crippen molar-refractivity contribution in [2.45, 2.75) is 70.5 Å². The molecule has 0 aliphatic heterocycles. The van der Waals surface area contributed by atoms with Crippen molar-refractivity contribution < 1.29 is 9.59 Å². The van der Waals surface area contributed by atoms with Gasteiger partial charge >= 0.3 is 0 Å². The third kappa shape index (κ3) is 6.18. The quantitative estimate of drug-likeness (QED) is 0.415. The van der Waals surface area contributed by atoms with Crippen LogP contribution in [0.4, 0.5) is 0 Å². The molecule has 5 heteroatoms. The van der Waals surface area contributed by atoms with Gasteiger partial charge in [0, 0.05) is 24.0 Å². The van der Waals surface area contributed by atoms with Crippen molar-refractivity contribution in [2.24, 2.45) is 0 Å². The Morgan fingerprint density at radius 3 is 2.44 bits per heavy atom. The van der Waals surface area contributed by atoms with Gasteiger partial charge in [0.25, 0.3) is 0 Å². The van der Waals surface area contributed by atoms with Gasteiger partial charge in [-0.25, -0.2) is 0 Å². The molecule has 1 atom stereocenters. The van der Waals surface area contributed by atoms with Crippen molar-refractivity contribution in [2.75, 3.05) is 0 Å². The molecule has 1 fully saturated rings. The predicted molar refractivity (Wildman–Crippen MR) is 139 cm³/mol. The van der Waals surface area contributed by atoms with E-state index in [1.54, 1.807) is 4.90 Å². The standard InChI is InChI=1S/C29H33ClN2O2/c1-21(29(34)31-26-11-3-2-4-12-26)32(20-22-14-17-25(30)18-15-22)28(33)19-16-24-10-7-9-23-8-5-6-13-27(23)24/h5-10,13-15,17-18,21,26H,2-4,11-12,16,19-20H2,1H3,(H,31,34)/t21-/m1/s1. The van der Waals surface area contributed by atoms with Crippen LogP contribution in [0.3, 0.4) is 0 Å². The van der Waals surface area contributed by atoms with Gasteiger partial charge < -0.3 is 10.2 Å². The van der Waals surface area contributed by atoms with Crippen molar-refractivity contribution in [3.63, 3.8) is 0 Å². The Balaban J connectivity index is 1.49. The van der Waals surface area contributed by atoms with Crippen LogP contribution in [0, 0.1) is 0 Å². The minimum absolute atomic E-state index is 0.0193. The first kappa shape index (κ1) is 24.3. The summed E-state index contributed by atoms with van der Waals surface area (Å²) in [5.41, 5.74) is 2.11. The highest BCUT2D eigenvalue weighted by atomic mass is 35.5. The van der Waals surface area contributed by atoms with Gasteiger partial charge in [0.15, 0.2) is 0 Å². The van der Waals surface area contributed by atoms with E-state index in [1.165, 1.54) is 17.2 Å². The van der Waals surface area contributed by atoms with Crippen molar-refractivity contribution in [1.82, 2.24) is 10.2 Å². The van der Waals surface area contributed by atoms with Crippen molar-refractivity contribution >= 4 is 34.2 Å². The summed E-state index contributed by atoms with van der Waals surface area (Å²) < 4.78 is 0. The highest BCUT2D eigenvalue weighted by Gasteiger charge is 2.28. The van der Waals surface area contributed by atoms with E-state index >= 15 is 0 Å². The molecule has 178 valence electrons. The average Bonchev–Trinajstić information content (AvgIpc) is 2.87. The summed E-state index contributed by atoms with van der Waals surface area (Å²) in [7, 11) is 0. The lowest BCUT2D eigenvalue weighted by atomic mass is 9.95. The van der Waals surface area contributed by atoms with Crippen molar-refractivity contribution in [3.05, 3.63) is 82.9 Å². The molecule has 0 aromatic heterocycles. The van der Waals surface area contributed by atoms with Crippen LogP contribution in [-0.2, 0) is 22.6 Å². The lowest BCUT2D eigenvalue weighted by Gasteiger charge is -2.31. The summed E-state index contributed by atoms with van der Waals surface area (Å²) in [6.45, 7) is 2.22. The minimum Gasteiger partial charge on any atom is -0.352 e. The SMILES string of the molecule is C[C@H](C(=O)NC1CCCCC1)N(Cc1ccc(Cl)cc1)C(=O)CCc1cccc2ccccc12. The van der Waals surface area contributed by atoms with Gasteiger partial charge in [0.1, 0.15) is 6.04 Å². The fourth-order valence-corrected chi connectivity index (χ4v) is 4.96. The second-order valence-electron chi connectivity index (χ2n) is 9.31. The zero-order chi connectivity index (χ0) is 23.9. The van der Waals surface area contributed by atoms with E-state index in [9.17, 15) is 9.59 Å². The van der Waals surface area contributed by atoms with Gasteiger partial charge in [-0.1, -0.05) is 85.5 Å². The van der Waals surface area contributed by atoms with Crippen molar-refractivity contribution in [1.29, 1.82) is 0 Å². The number of rotatable bonds is 8. The van der Waals surface area contributed by atoms with E-state index in [4.69, 9.17) is 11.6 Å². The number of nitrogens with one attached hydrogen (secondary N) is 1. The van der Waals surface area contributed by atoms with Crippen LogP contribution in [0.1, 0.15) is 56.6 Å². The van der Waals surface area contributed by atoms with Gasteiger partial charge in [0.05, 0.1) is 0 Å². The van der Waals surface area contributed by atoms with Crippen LogP contribution in [0.2, 0.25) is 5.02 Å². The number of hydrogen-bond acceptors (Lipinski definition) is 2. The van der Waals surface area contributed by atoms with Crippen LogP contribution in [0.15, 0.2) is 66.7 Å². The maximum absolute atomic E-state index is 13.5. The van der Waals surface area contributed by atoms with Gasteiger partial charge in [-0.2, -0.15) is 0 Å². The average molecular weight is 477 g/mol. The number of amides is 2. The first-order chi connectivity index (χ1) is 16.5. The van der Waals surface area contributed by atoms with E-state index in [0.717, 1.165) is 36.8 Å². The molecule has 1 saturated carbocycles. The number of fused-ring (bicyclic) bond motifs is 1. The molecule has 1 N–H and O–H groups in total. The molecule has 34 heavy (non-hydrogen) atoms. The Bertz CT molecular complexity index is 1120. The fourth-order valence-electron chi connectivity index (χ4n) is 4.83. The number of aryl methyl sites for hydroxylation is 1. The Morgan fingerprint density at radius 1 is 0.971 bits per heavy atom. The summed E-state index contributed by atoms with van der Waals surface area (Å²) in [6.07, 6.45) is 6.55. The largest absolute Gasteiger partial charge is 0.352 e. The molecule has 0 radical (unpaired) electrons. The molecule has 3 aromatic rings. The van der Waals surface area contributed by atoms with Crippen LogP contribution in [0.5, 0.6) is 0 Å². The Morgan fingerprint density at radius 2 is 1.68 bits per heavy atom. The predicted octanol–water partition coefficient (Wildman–Crippen LogP) is 6.29. The van der Waals surface area contributed by atoms with E-state index in [0.29, 0.717) is 24.4 Å². The molecule has 0 heterocycles. The first-order valence-electron chi connectivity index (χ1n) is 12.3. The Hall–Kier alpha value is -2.85. The summed E-state index contributed by atoms with van der Waals surface area (Å²) in [5, 5.41) is 6.19. The highest BCUT2D eigenvalue weighted by molar-refractivity contribution is 6.30. The van der Waals surface area contributed by atoms with Gasteiger partial charge in [-0.05, 0) is 60.2 Å². The van der Waals surface area contributed by atoms with Crippen molar-refractivity contribution in [3.8, 4) is 0 Å². The molecule has 1 aliphatic rings. The first-order valence-corrected chi connectivity index (χ1v) is 12.7. The molecule has 2 amide bonds. The third-order valence-corrected chi connectivity index (χ3v) is 7.13. The number of halogens is 1. The van der Waals surface area contributed by atoms with Crippen LogP contribution in [-0.4, -0.2) is 28.8 Å². The zero-order valence-electron chi connectivity index (χ0n) is 19.8. The molecule has 0 bridgehead atoms. The second-order valence-corrected chi connectivity index (χ2v) is 9.74. The zero-order valence-corrected chi connectivity index (χ0v) is 20.6. The molecule has 4 rings (SSSR count). The van der Waals surface area contributed by atoms with Crippen LogP contribution >= 0.6 is 11.6 Å². The van der Waals surface area contributed by atoms with E-state index in [2.05, 4.69) is 29.6 Å². The summed E-state index contributed by atoms with van der Waals surface area (Å²) in [6, 6.07) is 21.6. The maximum atomic E-state index is 13.5. The number of carbonyl (C=O) groups is 2. The molecule has 1 aliphatic carbocycles. The maximum Gasteiger partial charge on any atom is 0.242 e. The number of carbonyl (C=O) groups excluding carboxylic acids is 2. The van der Waals surface area contributed by atoms with Gasteiger partial charge in [-0.3, -0.25) is 9.59 Å². The number of benzene rings is 3. The third-order valence-electron chi connectivity index (χ3n) is 6.87. The van der Waals surface area contributed by atoms with E-state index < -0.39 is 6.04 Å². The smallest absolute Gasteiger partial charge is 0.242 e. The molecule has 4 nitrogen and oxygen atoms in total. The lowest BCUT2D eigenvalue weighted by molar-refractivity contribution is -0.141. The van der Waals surface area contributed by atoms with E-state index in [1.807, 2.05) is 49.4 Å². The lowest BCUT2D eigenvalue weighted by Crippen LogP contribution is -2.50. The minimum atomic E-state index is -0.544. The Kier molecular flexibility index (Phi) is 8.23. The van der Waals surface area contributed by atoms with Crippen LogP contribution in [0.25, 0.3) is 10.8 Å². The van der Waals surface area contributed by atoms with Gasteiger partial charge in [-0.15, -0.1) is 0 Å². The fraction of sp³-hybridized carbons (Fsp3) is 0.379.